The maximum absolute atomic E-state index is 14.2. The molecular weight excluding hydrogens is 502 g/mol. The van der Waals surface area contributed by atoms with Gasteiger partial charge in [0.2, 0.25) is 11.8 Å². The van der Waals surface area contributed by atoms with E-state index >= 15 is 0 Å². The number of alkyl carbamates (subject to hydrolysis) is 1. The van der Waals surface area contributed by atoms with Crippen molar-refractivity contribution < 1.29 is 19.1 Å². The van der Waals surface area contributed by atoms with Crippen LogP contribution in [-0.2, 0) is 20.7 Å². The number of amides is 3. The standard InChI is InChI=1S/C33H39N3O4/c1-31(2,3)40-30(39)36-32(4,5)33(6,26-21-18-24-14-10-11-15-27(24)35-28(26)37)29(38)34-25-19-16-23(17-20-25)22-12-8-7-9-13-22/h7-17,19-20,26H,18,21H2,1-6H3,(H,34,38)(H,35,37)(H,36,39)/t26-,33?/m0/s1. The molecule has 0 aliphatic carbocycles. The van der Waals surface area contributed by atoms with Crippen LogP contribution in [0.15, 0.2) is 78.9 Å². The van der Waals surface area contributed by atoms with Crippen molar-refractivity contribution >= 4 is 29.3 Å². The molecule has 0 radical (unpaired) electrons. The number of carbonyl (C=O) groups is 3. The van der Waals surface area contributed by atoms with Gasteiger partial charge in [0.25, 0.3) is 0 Å². The number of aryl methyl sites for hydroxylation is 1. The second kappa shape index (κ2) is 11.2. The number of para-hydroxylation sites is 1. The quantitative estimate of drug-likeness (QED) is 0.320. The van der Waals surface area contributed by atoms with Crippen LogP contribution in [0.25, 0.3) is 11.1 Å². The zero-order valence-electron chi connectivity index (χ0n) is 24.1. The Kier molecular flexibility index (Phi) is 8.05. The monoisotopic (exact) mass is 541 g/mol. The molecule has 1 heterocycles. The average molecular weight is 542 g/mol. The number of rotatable bonds is 6. The second-order valence-electron chi connectivity index (χ2n) is 12.1. The molecule has 0 spiro atoms. The first kappa shape index (κ1) is 28.9. The molecule has 3 N–H and O–H groups in total. The molecule has 4 rings (SSSR count). The molecular formula is C33H39N3O4. The number of ether oxygens (including phenoxy) is 1. The Morgan fingerprint density at radius 2 is 1.43 bits per heavy atom. The Hall–Kier alpha value is -4.13. The lowest BCUT2D eigenvalue weighted by Crippen LogP contribution is -2.64. The third-order valence-corrected chi connectivity index (χ3v) is 7.82. The second-order valence-corrected chi connectivity index (χ2v) is 12.1. The lowest BCUT2D eigenvalue weighted by Gasteiger charge is -2.47. The molecule has 1 aliphatic heterocycles. The molecule has 1 unspecified atom stereocenters. The van der Waals surface area contributed by atoms with Crippen LogP contribution in [0.2, 0.25) is 0 Å². The normalized spacial score (nSPS) is 16.9. The summed E-state index contributed by atoms with van der Waals surface area (Å²) in [5.41, 5.74) is 1.21. The molecule has 0 saturated heterocycles. The van der Waals surface area contributed by atoms with Crippen LogP contribution in [-0.4, -0.2) is 29.0 Å². The van der Waals surface area contributed by atoms with Crippen molar-refractivity contribution in [3.05, 3.63) is 84.4 Å². The molecule has 7 nitrogen and oxygen atoms in total. The highest BCUT2D eigenvalue weighted by Crippen LogP contribution is 2.44. The highest BCUT2D eigenvalue weighted by molar-refractivity contribution is 6.03. The maximum atomic E-state index is 14.2. The van der Waals surface area contributed by atoms with Crippen LogP contribution in [0.1, 0.15) is 53.5 Å². The Morgan fingerprint density at radius 1 is 0.825 bits per heavy atom. The van der Waals surface area contributed by atoms with Gasteiger partial charge < -0.3 is 20.7 Å². The number of hydrogen-bond acceptors (Lipinski definition) is 4. The van der Waals surface area contributed by atoms with Gasteiger partial charge in [-0.1, -0.05) is 60.7 Å². The average Bonchev–Trinajstić information content (AvgIpc) is 3.05. The SMILES string of the molecule is CC(C)(C)OC(=O)NC(C)(C)C(C)(C(=O)Nc1ccc(-c2ccccc2)cc1)[C@H]1CCc2ccccc2NC1=O. The zero-order valence-corrected chi connectivity index (χ0v) is 24.1. The fourth-order valence-corrected chi connectivity index (χ4v) is 5.27. The summed E-state index contributed by atoms with van der Waals surface area (Å²) in [7, 11) is 0. The fourth-order valence-electron chi connectivity index (χ4n) is 5.27. The maximum Gasteiger partial charge on any atom is 0.408 e. The van der Waals surface area contributed by atoms with Crippen molar-refractivity contribution in [3.8, 4) is 11.1 Å². The molecule has 0 aromatic heterocycles. The third-order valence-electron chi connectivity index (χ3n) is 7.82. The summed E-state index contributed by atoms with van der Waals surface area (Å²) < 4.78 is 5.53. The van der Waals surface area contributed by atoms with E-state index in [-0.39, 0.29) is 11.8 Å². The minimum Gasteiger partial charge on any atom is -0.444 e. The number of nitrogens with one attached hydrogen (secondary N) is 3. The molecule has 0 fully saturated rings. The molecule has 2 atom stereocenters. The predicted octanol–water partition coefficient (Wildman–Crippen LogP) is 6.80. The molecule has 3 aromatic rings. The van der Waals surface area contributed by atoms with Gasteiger partial charge in [-0.3, -0.25) is 9.59 Å². The Morgan fingerprint density at radius 3 is 2.08 bits per heavy atom. The van der Waals surface area contributed by atoms with Crippen molar-refractivity contribution in [2.45, 2.75) is 65.5 Å². The number of carbonyl (C=O) groups excluding carboxylic acids is 3. The number of fused-ring (bicyclic) bond motifs is 1. The van der Waals surface area contributed by atoms with E-state index in [1.807, 2.05) is 78.9 Å². The van der Waals surface area contributed by atoms with Crippen molar-refractivity contribution in [1.29, 1.82) is 0 Å². The first-order valence-electron chi connectivity index (χ1n) is 13.7. The van der Waals surface area contributed by atoms with Gasteiger partial charge in [-0.25, -0.2) is 4.79 Å². The summed E-state index contributed by atoms with van der Waals surface area (Å²) in [4.78, 5) is 40.9. The van der Waals surface area contributed by atoms with E-state index in [1.54, 1.807) is 41.5 Å². The summed E-state index contributed by atoms with van der Waals surface area (Å²) in [6, 6.07) is 25.2. The number of benzene rings is 3. The molecule has 210 valence electrons. The highest BCUT2D eigenvalue weighted by Gasteiger charge is 2.56. The topological polar surface area (TPSA) is 96.5 Å². The van der Waals surface area contributed by atoms with Gasteiger partial charge in [0.15, 0.2) is 0 Å². The van der Waals surface area contributed by atoms with Crippen LogP contribution in [0.4, 0.5) is 16.2 Å². The van der Waals surface area contributed by atoms with E-state index in [1.165, 1.54) is 0 Å². The van der Waals surface area contributed by atoms with E-state index in [4.69, 9.17) is 4.74 Å². The van der Waals surface area contributed by atoms with Gasteiger partial charge in [0.1, 0.15) is 5.60 Å². The molecule has 3 aromatic carbocycles. The van der Waals surface area contributed by atoms with Gasteiger partial charge in [0.05, 0.1) is 16.9 Å². The fraction of sp³-hybridized carbons (Fsp3) is 0.364. The minimum absolute atomic E-state index is 0.263. The van der Waals surface area contributed by atoms with Gasteiger partial charge in [0, 0.05) is 11.4 Å². The summed E-state index contributed by atoms with van der Waals surface area (Å²) >= 11 is 0. The van der Waals surface area contributed by atoms with Gasteiger partial charge in [-0.05, 0) is 89.3 Å². The van der Waals surface area contributed by atoms with Crippen molar-refractivity contribution in [2.24, 2.45) is 11.3 Å². The lowest BCUT2D eigenvalue weighted by molar-refractivity contribution is -0.141. The van der Waals surface area contributed by atoms with E-state index < -0.39 is 28.6 Å². The van der Waals surface area contributed by atoms with Crippen molar-refractivity contribution in [3.63, 3.8) is 0 Å². The Balaban J connectivity index is 1.67. The predicted molar refractivity (Wildman–Crippen MR) is 159 cm³/mol. The lowest BCUT2D eigenvalue weighted by atomic mass is 9.62. The van der Waals surface area contributed by atoms with Crippen LogP contribution < -0.4 is 16.0 Å². The molecule has 40 heavy (non-hydrogen) atoms. The first-order valence-corrected chi connectivity index (χ1v) is 13.7. The first-order chi connectivity index (χ1) is 18.8. The van der Waals surface area contributed by atoms with Crippen LogP contribution >= 0.6 is 0 Å². The van der Waals surface area contributed by atoms with Crippen LogP contribution in [0.5, 0.6) is 0 Å². The Labute approximate surface area is 236 Å². The van der Waals surface area contributed by atoms with Crippen LogP contribution in [0.3, 0.4) is 0 Å². The van der Waals surface area contributed by atoms with Gasteiger partial charge in [-0.15, -0.1) is 0 Å². The molecule has 7 heteroatoms. The summed E-state index contributed by atoms with van der Waals surface area (Å²) in [6.45, 7) is 10.6. The van der Waals surface area contributed by atoms with Gasteiger partial charge >= 0.3 is 6.09 Å². The smallest absolute Gasteiger partial charge is 0.408 e. The van der Waals surface area contributed by atoms with Crippen molar-refractivity contribution in [2.75, 3.05) is 10.6 Å². The number of anilines is 2. The third kappa shape index (κ3) is 6.19. The molecule has 3 amide bonds. The highest BCUT2D eigenvalue weighted by atomic mass is 16.6. The van der Waals surface area contributed by atoms with Crippen LogP contribution in [0, 0.1) is 11.3 Å². The molecule has 1 aliphatic rings. The van der Waals surface area contributed by atoms with E-state index in [0.717, 1.165) is 22.4 Å². The van der Waals surface area contributed by atoms with E-state index in [2.05, 4.69) is 16.0 Å². The summed E-state index contributed by atoms with van der Waals surface area (Å²) in [5.74, 6) is -1.37. The summed E-state index contributed by atoms with van der Waals surface area (Å²) in [6.07, 6.45) is 0.386. The van der Waals surface area contributed by atoms with E-state index in [0.29, 0.717) is 18.5 Å². The van der Waals surface area contributed by atoms with Crippen molar-refractivity contribution in [1.82, 2.24) is 5.32 Å². The molecule has 0 bridgehead atoms. The Bertz CT molecular complexity index is 1380. The number of hydrogen-bond donors (Lipinski definition) is 3. The summed E-state index contributed by atoms with van der Waals surface area (Å²) in [5, 5.41) is 8.97. The largest absolute Gasteiger partial charge is 0.444 e. The minimum atomic E-state index is -1.35. The van der Waals surface area contributed by atoms with Gasteiger partial charge in [-0.2, -0.15) is 0 Å². The molecule has 0 saturated carbocycles. The van der Waals surface area contributed by atoms with E-state index in [9.17, 15) is 14.4 Å². The zero-order chi connectivity index (χ0) is 29.1.